The normalized spacial score (nSPS) is 14.8. The first-order valence-corrected chi connectivity index (χ1v) is 12.0. The molecule has 174 valence electrons. The molecular weight excluding hydrogens is 432 g/mol. The molecule has 1 N–H and O–H groups in total. The van der Waals surface area contributed by atoms with Crippen molar-refractivity contribution < 1.29 is 27.4 Å². The topological polar surface area (TPSA) is 94.2 Å². The van der Waals surface area contributed by atoms with Gasteiger partial charge in [0.15, 0.2) is 11.5 Å². The predicted molar refractivity (Wildman–Crippen MR) is 122 cm³/mol. The van der Waals surface area contributed by atoms with Crippen LogP contribution in [0.15, 0.2) is 47.4 Å². The van der Waals surface area contributed by atoms with Crippen molar-refractivity contribution in [3.05, 3.63) is 42.5 Å². The molecule has 32 heavy (non-hydrogen) atoms. The van der Waals surface area contributed by atoms with Gasteiger partial charge in [0.1, 0.15) is 5.75 Å². The number of rotatable bonds is 9. The van der Waals surface area contributed by atoms with Gasteiger partial charge < -0.3 is 19.5 Å². The van der Waals surface area contributed by atoms with E-state index in [1.165, 1.54) is 30.7 Å². The molecule has 1 saturated carbocycles. The highest BCUT2D eigenvalue weighted by Gasteiger charge is 2.34. The zero-order valence-corrected chi connectivity index (χ0v) is 19.5. The van der Waals surface area contributed by atoms with Crippen LogP contribution in [0.5, 0.6) is 17.2 Å². The molecule has 0 aliphatic heterocycles. The van der Waals surface area contributed by atoms with Crippen molar-refractivity contribution in [1.82, 2.24) is 4.31 Å². The summed E-state index contributed by atoms with van der Waals surface area (Å²) in [5.41, 5.74) is 0.543. The van der Waals surface area contributed by atoms with E-state index in [0.29, 0.717) is 22.9 Å². The summed E-state index contributed by atoms with van der Waals surface area (Å²) in [6.07, 6.45) is 4.37. The maximum atomic E-state index is 13.6. The van der Waals surface area contributed by atoms with E-state index in [0.717, 1.165) is 32.1 Å². The minimum absolute atomic E-state index is 0.0647. The first-order valence-electron chi connectivity index (χ1n) is 10.6. The largest absolute Gasteiger partial charge is 0.497 e. The van der Waals surface area contributed by atoms with E-state index in [1.54, 1.807) is 37.4 Å². The summed E-state index contributed by atoms with van der Waals surface area (Å²) in [6, 6.07) is 11.2. The zero-order chi connectivity index (χ0) is 23.1. The van der Waals surface area contributed by atoms with Crippen LogP contribution in [0.3, 0.4) is 0 Å². The van der Waals surface area contributed by atoms with Crippen LogP contribution in [0.25, 0.3) is 0 Å². The molecule has 1 fully saturated rings. The van der Waals surface area contributed by atoms with Crippen molar-refractivity contribution in [1.29, 1.82) is 0 Å². The van der Waals surface area contributed by atoms with Gasteiger partial charge in [-0.05, 0) is 37.1 Å². The molecule has 1 aliphatic rings. The van der Waals surface area contributed by atoms with Gasteiger partial charge >= 0.3 is 0 Å². The Morgan fingerprint density at radius 2 is 1.69 bits per heavy atom. The van der Waals surface area contributed by atoms with Crippen LogP contribution < -0.4 is 19.5 Å². The summed E-state index contributed by atoms with van der Waals surface area (Å²) >= 11 is 0. The number of nitrogens with zero attached hydrogens (tertiary/aromatic N) is 1. The summed E-state index contributed by atoms with van der Waals surface area (Å²) in [6.45, 7) is -0.279. The average Bonchev–Trinajstić information content (AvgIpc) is 2.82. The lowest BCUT2D eigenvalue weighted by Gasteiger charge is -2.33. The van der Waals surface area contributed by atoms with Crippen LogP contribution >= 0.6 is 0 Å². The number of ether oxygens (including phenoxy) is 3. The summed E-state index contributed by atoms with van der Waals surface area (Å²) < 4.78 is 44.2. The van der Waals surface area contributed by atoms with Crippen LogP contribution in [0.2, 0.25) is 0 Å². The van der Waals surface area contributed by atoms with Crippen molar-refractivity contribution in [2.45, 2.75) is 43.0 Å². The molecule has 0 aromatic heterocycles. The summed E-state index contributed by atoms with van der Waals surface area (Å²) in [5.74, 6) is 0.946. The molecule has 0 radical (unpaired) electrons. The second-order valence-corrected chi connectivity index (χ2v) is 9.53. The second kappa shape index (κ2) is 10.7. The number of anilines is 1. The maximum absolute atomic E-state index is 13.6. The van der Waals surface area contributed by atoms with E-state index in [-0.39, 0.29) is 17.5 Å². The standard InChI is InChI=1S/C23H30N2O6S/c1-29-19-11-7-8-17(14-19)24-23(26)16-25(18-9-5-4-6-10-18)32(27,28)20-12-13-21(30-2)22(15-20)31-3/h7-8,11-15,18H,4-6,9-10,16H2,1-3H3,(H,24,26). The highest BCUT2D eigenvalue weighted by molar-refractivity contribution is 7.89. The van der Waals surface area contributed by atoms with Crippen molar-refractivity contribution >= 4 is 21.6 Å². The lowest BCUT2D eigenvalue weighted by atomic mass is 9.95. The molecule has 0 spiro atoms. The Kier molecular flexibility index (Phi) is 7.98. The van der Waals surface area contributed by atoms with E-state index in [9.17, 15) is 13.2 Å². The number of benzene rings is 2. The van der Waals surface area contributed by atoms with Gasteiger partial charge in [0.25, 0.3) is 0 Å². The molecule has 9 heteroatoms. The maximum Gasteiger partial charge on any atom is 0.243 e. The Morgan fingerprint density at radius 3 is 2.34 bits per heavy atom. The van der Waals surface area contributed by atoms with Gasteiger partial charge in [0, 0.05) is 23.9 Å². The predicted octanol–water partition coefficient (Wildman–Crippen LogP) is 3.67. The van der Waals surface area contributed by atoms with Gasteiger partial charge in [0.05, 0.1) is 32.8 Å². The average molecular weight is 463 g/mol. The molecule has 3 rings (SSSR count). The van der Waals surface area contributed by atoms with E-state index in [2.05, 4.69) is 5.32 Å². The Balaban J connectivity index is 1.88. The Morgan fingerprint density at radius 1 is 0.969 bits per heavy atom. The smallest absolute Gasteiger partial charge is 0.243 e. The number of sulfonamides is 1. The summed E-state index contributed by atoms with van der Waals surface area (Å²) in [4.78, 5) is 12.9. The molecule has 2 aromatic rings. The molecule has 2 aromatic carbocycles. The SMILES string of the molecule is COc1cccc(NC(=O)CN(C2CCCCC2)S(=O)(=O)c2ccc(OC)c(OC)c2)c1. The van der Waals surface area contributed by atoms with Crippen molar-refractivity contribution in [2.75, 3.05) is 33.2 Å². The first kappa shape index (κ1) is 23.9. The number of amides is 1. The van der Waals surface area contributed by atoms with Crippen LogP contribution in [-0.2, 0) is 14.8 Å². The zero-order valence-electron chi connectivity index (χ0n) is 18.7. The van der Waals surface area contributed by atoms with E-state index >= 15 is 0 Å². The number of methoxy groups -OCH3 is 3. The van der Waals surface area contributed by atoms with Gasteiger partial charge in [-0.15, -0.1) is 0 Å². The molecular formula is C23H30N2O6S. The monoisotopic (exact) mass is 462 g/mol. The third-order valence-electron chi connectivity index (χ3n) is 5.60. The Hall–Kier alpha value is -2.78. The highest BCUT2D eigenvalue weighted by Crippen LogP contribution is 2.33. The van der Waals surface area contributed by atoms with Gasteiger partial charge in [-0.3, -0.25) is 4.79 Å². The van der Waals surface area contributed by atoms with Crippen LogP contribution in [0, 0.1) is 0 Å². The molecule has 0 bridgehead atoms. The minimum Gasteiger partial charge on any atom is -0.497 e. The van der Waals surface area contributed by atoms with E-state index in [4.69, 9.17) is 14.2 Å². The number of hydrogen-bond acceptors (Lipinski definition) is 6. The fourth-order valence-corrected chi connectivity index (χ4v) is 5.59. The summed E-state index contributed by atoms with van der Waals surface area (Å²) in [7, 11) is 0.539. The quantitative estimate of drug-likeness (QED) is 0.611. The highest BCUT2D eigenvalue weighted by atomic mass is 32.2. The number of hydrogen-bond donors (Lipinski definition) is 1. The van der Waals surface area contributed by atoms with Crippen molar-refractivity contribution in [3.8, 4) is 17.2 Å². The third kappa shape index (κ3) is 5.52. The molecule has 0 heterocycles. The van der Waals surface area contributed by atoms with Gasteiger partial charge in [-0.1, -0.05) is 25.3 Å². The lowest BCUT2D eigenvalue weighted by Crippen LogP contribution is -2.45. The van der Waals surface area contributed by atoms with Crippen LogP contribution in [-0.4, -0.2) is 52.5 Å². The number of nitrogens with one attached hydrogen (secondary N) is 1. The Labute approximate surface area is 189 Å². The fourth-order valence-electron chi connectivity index (χ4n) is 3.93. The molecule has 1 amide bonds. The van der Waals surface area contributed by atoms with Crippen molar-refractivity contribution in [2.24, 2.45) is 0 Å². The number of carbonyl (C=O) groups is 1. The molecule has 8 nitrogen and oxygen atoms in total. The van der Waals surface area contributed by atoms with Crippen LogP contribution in [0.4, 0.5) is 5.69 Å². The minimum atomic E-state index is -3.95. The van der Waals surface area contributed by atoms with Crippen LogP contribution in [0.1, 0.15) is 32.1 Å². The fraction of sp³-hybridized carbons (Fsp3) is 0.435. The van der Waals surface area contributed by atoms with E-state index < -0.39 is 15.9 Å². The summed E-state index contributed by atoms with van der Waals surface area (Å²) in [5, 5.41) is 2.78. The van der Waals surface area contributed by atoms with Crippen molar-refractivity contribution in [3.63, 3.8) is 0 Å². The van der Waals surface area contributed by atoms with E-state index in [1.807, 2.05) is 0 Å². The molecule has 0 atom stereocenters. The second-order valence-electron chi connectivity index (χ2n) is 7.64. The van der Waals surface area contributed by atoms with Gasteiger partial charge in [0.2, 0.25) is 15.9 Å². The third-order valence-corrected chi connectivity index (χ3v) is 7.49. The Bertz CT molecular complexity index is 1030. The first-order chi connectivity index (χ1) is 15.4. The molecule has 0 saturated heterocycles. The molecule has 0 unspecified atom stereocenters. The van der Waals surface area contributed by atoms with Gasteiger partial charge in [-0.25, -0.2) is 8.42 Å². The van der Waals surface area contributed by atoms with Gasteiger partial charge in [-0.2, -0.15) is 4.31 Å². The molecule has 1 aliphatic carbocycles. The lowest BCUT2D eigenvalue weighted by molar-refractivity contribution is -0.116. The number of carbonyl (C=O) groups excluding carboxylic acids is 1.